The fourth-order valence-electron chi connectivity index (χ4n) is 2.03. The van der Waals surface area contributed by atoms with Gasteiger partial charge >= 0.3 is 5.97 Å². The first-order valence-electron chi connectivity index (χ1n) is 6.41. The van der Waals surface area contributed by atoms with E-state index < -0.39 is 0 Å². The van der Waals surface area contributed by atoms with E-state index in [9.17, 15) is 4.79 Å². The molecule has 0 bridgehead atoms. The Balaban J connectivity index is 1.98. The zero-order chi connectivity index (χ0) is 15.4. The summed E-state index contributed by atoms with van der Waals surface area (Å²) in [5.74, 6) is -0.651. The Morgan fingerprint density at radius 2 is 2.29 bits per heavy atom. The van der Waals surface area contributed by atoms with Crippen LogP contribution >= 0.6 is 23.8 Å². The number of carbonyl (C=O) groups is 1. The predicted octanol–water partition coefficient (Wildman–Crippen LogP) is 1.16. The summed E-state index contributed by atoms with van der Waals surface area (Å²) in [6.07, 6.45) is -0.336. The van der Waals surface area contributed by atoms with Crippen molar-refractivity contribution in [3.05, 3.63) is 28.8 Å². The topological polar surface area (TPSA) is 74.4 Å². The number of hydrogen-bond acceptors (Lipinski definition) is 5. The van der Waals surface area contributed by atoms with Gasteiger partial charge in [0.1, 0.15) is 12.1 Å². The fraction of sp³-hybridized carbons (Fsp3) is 0.385. The van der Waals surface area contributed by atoms with E-state index in [1.54, 1.807) is 6.07 Å². The second-order valence-corrected chi connectivity index (χ2v) is 5.53. The van der Waals surface area contributed by atoms with E-state index in [0.29, 0.717) is 16.7 Å². The smallest absolute Gasteiger partial charge is 0.313 e. The van der Waals surface area contributed by atoms with Gasteiger partial charge in [-0.15, -0.1) is 0 Å². The Hall–Kier alpha value is -1.41. The van der Waals surface area contributed by atoms with Crippen LogP contribution in [0.15, 0.2) is 18.2 Å². The molecule has 0 aliphatic carbocycles. The van der Waals surface area contributed by atoms with E-state index in [1.807, 2.05) is 19.1 Å². The number of hydrogen-bond donors (Lipinski definition) is 4. The van der Waals surface area contributed by atoms with Crippen LogP contribution in [0.5, 0.6) is 0 Å². The van der Waals surface area contributed by atoms with Crippen LogP contribution in [-0.4, -0.2) is 30.9 Å². The van der Waals surface area contributed by atoms with Crippen LogP contribution < -0.4 is 21.5 Å². The fourth-order valence-corrected chi connectivity index (χ4v) is 2.44. The zero-order valence-corrected chi connectivity index (χ0v) is 13.3. The van der Waals surface area contributed by atoms with Crippen molar-refractivity contribution >= 4 is 40.6 Å². The Kier molecular flexibility index (Phi) is 5.35. The average molecular weight is 329 g/mol. The number of carbonyl (C=O) groups excluding carboxylic acids is 1. The van der Waals surface area contributed by atoms with Gasteiger partial charge in [-0.1, -0.05) is 17.7 Å². The van der Waals surface area contributed by atoms with E-state index in [4.69, 9.17) is 28.6 Å². The molecule has 1 aromatic rings. The second kappa shape index (κ2) is 7.04. The highest BCUT2D eigenvalue weighted by Gasteiger charge is 2.34. The van der Waals surface area contributed by atoms with Crippen molar-refractivity contribution in [2.75, 3.05) is 19.0 Å². The molecule has 1 aromatic carbocycles. The third-order valence-electron chi connectivity index (χ3n) is 3.22. The van der Waals surface area contributed by atoms with Gasteiger partial charge in [0.15, 0.2) is 5.11 Å². The molecule has 2 rings (SSSR count). The van der Waals surface area contributed by atoms with Crippen LogP contribution in [-0.2, 0) is 9.53 Å². The SMILES string of the molecule is COC(=O)C1CNNC1NC(=S)Nc1cc(Cl)ccc1C. The van der Waals surface area contributed by atoms with Crippen LogP contribution in [0.2, 0.25) is 5.02 Å². The van der Waals surface area contributed by atoms with Gasteiger partial charge in [-0.2, -0.15) is 0 Å². The summed E-state index contributed by atoms with van der Waals surface area (Å²) in [6, 6.07) is 5.51. The van der Waals surface area contributed by atoms with Gasteiger partial charge in [-0.05, 0) is 36.8 Å². The van der Waals surface area contributed by atoms with Crippen LogP contribution in [0.4, 0.5) is 5.69 Å². The molecule has 114 valence electrons. The molecule has 1 saturated heterocycles. The second-order valence-electron chi connectivity index (χ2n) is 4.69. The summed E-state index contributed by atoms with van der Waals surface area (Å²) >= 11 is 11.2. The molecule has 0 saturated carbocycles. The van der Waals surface area contributed by atoms with Crippen LogP contribution in [0.1, 0.15) is 5.56 Å². The standard InChI is InChI=1S/C13H17ClN4O2S/c1-7-3-4-8(14)5-10(7)16-13(21)17-11-9(6-15-18-11)12(19)20-2/h3-5,9,11,15,18H,6H2,1-2H3,(H2,16,17,21). The van der Waals surface area contributed by atoms with E-state index in [-0.39, 0.29) is 18.1 Å². The zero-order valence-electron chi connectivity index (χ0n) is 11.7. The Labute approximate surface area is 133 Å². The summed E-state index contributed by atoms with van der Waals surface area (Å²) < 4.78 is 4.76. The van der Waals surface area contributed by atoms with Crippen LogP contribution in [0.3, 0.4) is 0 Å². The number of aryl methyl sites for hydroxylation is 1. The lowest BCUT2D eigenvalue weighted by Gasteiger charge is -2.20. The number of esters is 1. The van der Waals surface area contributed by atoms with Gasteiger partial charge < -0.3 is 15.4 Å². The molecule has 6 nitrogen and oxygen atoms in total. The van der Waals surface area contributed by atoms with E-state index >= 15 is 0 Å². The first-order valence-corrected chi connectivity index (χ1v) is 7.20. The van der Waals surface area contributed by atoms with Crippen molar-refractivity contribution in [3.63, 3.8) is 0 Å². The number of benzene rings is 1. The molecule has 1 fully saturated rings. The van der Waals surface area contributed by atoms with Gasteiger partial charge in [0.25, 0.3) is 0 Å². The summed E-state index contributed by atoms with van der Waals surface area (Å²) in [5.41, 5.74) is 7.69. The van der Waals surface area contributed by atoms with Gasteiger partial charge in [0.2, 0.25) is 0 Å². The van der Waals surface area contributed by atoms with Crippen molar-refractivity contribution in [2.24, 2.45) is 5.92 Å². The Morgan fingerprint density at radius 3 is 3.00 bits per heavy atom. The molecule has 2 atom stereocenters. The molecular weight excluding hydrogens is 312 g/mol. The quantitative estimate of drug-likeness (QED) is 0.490. The highest BCUT2D eigenvalue weighted by molar-refractivity contribution is 7.80. The Bertz CT molecular complexity index is 555. The molecule has 1 aliphatic heterocycles. The van der Waals surface area contributed by atoms with E-state index in [1.165, 1.54) is 7.11 Å². The number of anilines is 1. The average Bonchev–Trinajstić information content (AvgIpc) is 2.90. The molecule has 0 radical (unpaired) electrons. The van der Waals surface area contributed by atoms with Crippen molar-refractivity contribution in [1.82, 2.24) is 16.2 Å². The maximum atomic E-state index is 11.6. The van der Waals surface area contributed by atoms with Gasteiger partial charge in [0, 0.05) is 17.3 Å². The lowest BCUT2D eigenvalue weighted by atomic mass is 10.1. The predicted molar refractivity (Wildman–Crippen MR) is 86.0 cm³/mol. The van der Waals surface area contributed by atoms with Crippen molar-refractivity contribution in [1.29, 1.82) is 0 Å². The first kappa shape index (κ1) is 16.0. The summed E-state index contributed by atoms with van der Waals surface area (Å²) in [6.45, 7) is 2.43. The lowest BCUT2D eigenvalue weighted by molar-refractivity contribution is -0.145. The van der Waals surface area contributed by atoms with Crippen molar-refractivity contribution in [3.8, 4) is 0 Å². The highest BCUT2D eigenvalue weighted by Crippen LogP contribution is 2.20. The van der Waals surface area contributed by atoms with Gasteiger partial charge in [-0.25, -0.2) is 5.43 Å². The number of halogens is 1. The normalized spacial score (nSPS) is 20.9. The molecular formula is C13H17ClN4O2S. The maximum Gasteiger partial charge on any atom is 0.313 e. The highest BCUT2D eigenvalue weighted by atomic mass is 35.5. The minimum Gasteiger partial charge on any atom is -0.469 e. The molecule has 8 heteroatoms. The number of rotatable bonds is 3. The number of nitrogens with one attached hydrogen (secondary N) is 4. The maximum absolute atomic E-state index is 11.6. The molecule has 4 N–H and O–H groups in total. The molecule has 1 heterocycles. The summed E-state index contributed by atoms with van der Waals surface area (Å²) in [4.78, 5) is 11.6. The molecule has 2 unspecified atom stereocenters. The van der Waals surface area contributed by atoms with Crippen molar-refractivity contribution < 1.29 is 9.53 Å². The van der Waals surface area contributed by atoms with Gasteiger partial charge in [0.05, 0.1) is 7.11 Å². The monoisotopic (exact) mass is 328 g/mol. The molecule has 21 heavy (non-hydrogen) atoms. The first-order chi connectivity index (χ1) is 10.0. The number of methoxy groups -OCH3 is 1. The van der Waals surface area contributed by atoms with Crippen molar-refractivity contribution in [2.45, 2.75) is 13.1 Å². The molecule has 0 aromatic heterocycles. The molecule has 1 aliphatic rings. The molecule has 0 spiro atoms. The van der Waals surface area contributed by atoms with E-state index in [2.05, 4.69) is 21.5 Å². The van der Waals surface area contributed by atoms with Crippen LogP contribution in [0, 0.1) is 12.8 Å². The van der Waals surface area contributed by atoms with Crippen LogP contribution in [0.25, 0.3) is 0 Å². The summed E-state index contributed by atoms with van der Waals surface area (Å²) in [5, 5.41) is 7.14. The minimum atomic E-state index is -0.352. The molecule has 0 amide bonds. The number of thiocarbonyl (C=S) groups is 1. The lowest BCUT2D eigenvalue weighted by Crippen LogP contribution is -2.50. The minimum absolute atomic E-state index is 0.299. The number of hydrazine groups is 1. The largest absolute Gasteiger partial charge is 0.469 e. The number of ether oxygens (including phenoxy) is 1. The Morgan fingerprint density at radius 1 is 1.52 bits per heavy atom. The van der Waals surface area contributed by atoms with E-state index in [0.717, 1.165) is 11.3 Å². The summed E-state index contributed by atoms with van der Waals surface area (Å²) in [7, 11) is 1.36. The third kappa shape index (κ3) is 4.04. The van der Waals surface area contributed by atoms with Gasteiger partial charge in [-0.3, -0.25) is 10.2 Å². The third-order valence-corrected chi connectivity index (χ3v) is 3.68.